The molecule has 1 saturated carbocycles. The monoisotopic (exact) mass is 547 g/mol. The summed E-state index contributed by atoms with van der Waals surface area (Å²) in [7, 11) is 0. The Morgan fingerprint density at radius 1 is 1.05 bits per heavy atom. The zero-order chi connectivity index (χ0) is 29.1. The third kappa shape index (κ3) is 9.13. The van der Waals surface area contributed by atoms with E-state index in [2.05, 4.69) is 16.6 Å². The minimum absolute atomic E-state index is 0.0137. The average molecular weight is 548 g/mol. The molecule has 0 spiro atoms. The fourth-order valence-corrected chi connectivity index (χ4v) is 4.94. The van der Waals surface area contributed by atoms with Gasteiger partial charge in [-0.1, -0.05) is 67.6 Å². The maximum absolute atomic E-state index is 14.2. The molecule has 2 unspecified atom stereocenters. The van der Waals surface area contributed by atoms with Crippen LogP contribution in [0.4, 0.5) is 4.79 Å². The molecule has 214 valence electrons. The van der Waals surface area contributed by atoms with E-state index in [0.29, 0.717) is 11.1 Å². The zero-order valence-electron chi connectivity index (χ0n) is 23.7. The molecule has 8 heteroatoms. The van der Waals surface area contributed by atoms with Gasteiger partial charge in [0.15, 0.2) is 0 Å². The van der Waals surface area contributed by atoms with Crippen LogP contribution >= 0.6 is 0 Å². The lowest BCUT2D eigenvalue weighted by atomic mass is 9.94. The molecule has 40 heavy (non-hydrogen) atoms. The highest BCUT2D eigenvalue weighted by Gasteiger charge is 2.37. The van der Waals surface area contributed by atoms with Crippen molar-refractivity contribution in [2.75, 3.05) is 13.2 Å². The number of benzene rings is 2. The van der Waals surface area contributed by atoms with Crippen LogP contribution in [-0.2, 0) is 20.7 Å². The summed E-state index contributed by atoms with van der Waals surface area (Å²) in [6.45, 7) is 4.74. The van der Waals surface area contributed by atoms with Gasteiger partial charge in [0.25, 0.3) is 0 Å². The number of carbonyl (C=O) groups excluding carboxylic acids is 3. The van der Waals surface area contributed by atoms with Crippen molar-refractivity contribution < 1.29 is 24.2 Å². The molecule has 0 saturated heterocycles. The molecule has 2 aromatic carbocycles. The van der Waals surface area contributed by atoms with Gasteiger partial charge in [0.05, 0.1) is 6.61 Å². The summed E-state index contributed by atoms with van der Waals surface area (Å²) in [5, 5.41) is 15.9. The Hall–Kier alpha value is -3.83. The highest BCUT2D eigenvalue weighted by Crippen LogP contribution is 2.26. The van der Waals surface area contributed by atoms with Crippen molar-refractivity contribution in [1.82, 2.24) is 15.5 Å². The molecule has 0 aromatic heterocycles. The number of rotatable bonds is 10. The van der Waals surface area contributed by atoms with Crippen molar-refractivity contribution >= 4 is 17.9 Å². The summed E-state index contributed by atoms with van der Waals surface area (Å²) < 4.78 is 5.45. The van der Waals surface area contributed by atoms with Crippen molar-refractivity contribution in [3.63, 3.8) is 0 Å². The second kappa shape index (κ2) is 14.5. The summed E-state index contributed by atoms with van der Waals surface area (Å²) in [5.74, 6) is 1.73. The topological polar surface area (TPSA) is 108 Å². The van der Waals surface area contributed by atoms with Crippen molar-refractivity contribution in [3.05, 3.63) is 71.3 Å². The summed E-state index contributed by atoms with van der Waals surface area (Å²) in [5.41, 5.74) is 1.26. The Morgan fingerprint density at radius 3 is 2.27 bits per heavy atom. The number of alkyl carbamates (subject to hydrolysis) is 1. The molecule has 2 atom stereocenters. The maximum atomic E-state index is 14.2. The van der Waals surface area contributed by atoms with E-state index < -0.39 is 29.7 Å². The maximum Gasteiger partial charge on any atom is 0.408 e. The van der Waals surface area contributed by atoms with E-state index in [1.165, 1.54) is 4.90 Å². The first-order valence-corrected chi connectivity index (χ1v) is 13.9. The van der Waals surface area contributed by atoms with Crippen LogP contribution in [0.1, 0.15) is 75.6 Å². The first kappa shape index (κ1) is 30.7. The molecule has 1 aliphatic rings. The third-order valence-electron chi connectivity index (χ3n) is 6.80. The van der Waals surface area contributed by atoms with Crippen molar-refractivity contribution in [2.24, 2.45) is 0 Å². The highest BCUT2D eigenvalue weighted by atomic mass is 16.6. The van der Waals surface area contributed by atoms with E-state index in [4.69, 9.17) is 11.2 Å². The standard InChI is InChI=1S/C32H41N3O5/c1-5-23-16-18-25(19-17-23)28(29(37)33-26-14-10-7-11-15-26)35(20-21-36)30(38)27(22-24-12-8-6-9-13-24)34-31(39)40-32(2,3)4/h1,6,8-9,12-13,16-19,26-28,36H,7,10-11,14-15,20-22H2,2-4H3,(H,33,37)(H,34,39). The van der Waals surface area contributed by atoms with Crippen LogP contribution in [0.15, 0.2) is 54.6 Å². The second-order valence-corrected chi connectivity index (χ2v) is 11.2. The predicted molar refractivity (Wildman–Crippen MR) is 154 cm³/mol. The van der Waals surface area contributed by atoms with Crippen molar-refractivity contribution in [3.8, 4) is 12.3 Å². The van der Waals surface area contributed by atoms with Crippen LogP contribution in [-0.4, -0.2) is 58.8 Å². The Labute approximate surface area is 237 Å². The number of aliphatic hydroxyl groups is 1. The van der Waals surface area contributed by atoms with Crippen LogP contribution < -0.4 is 10.6 Å². The van der Waals surface area contributed by atoms with Gasteiger partial charge in [-0.2, -0.15) is 0 Å². The Kier molecular flexibility index (Phi) is 11.2. The minimum Gasteiger partial charge on any atom is -0.444 e. The summed E-state index contributed by atoms with van der Waals surface area (Å²) in [4.78, 5) is 42.2. The highest BCUT2D eigenvalue weighted by molar-refractivity contribution is 5.92. The summed E-state index contributed by atoms with van der Waals surface area (Å²) in [6.07, 6.45) is 9.92. The number of hydrogen-bond acceptors (Lipinski definition) is 5. The fourth-order valence-electron chi connectivity index (χ4n) is 4.94. The SMILES string of the molecule is C#Cc1ccc(C(C(=O)NC2CCCCC2)N(CCO)C(=O)C(Cc2ccccc2)NC(=O)OC(C)(C)C)cc1. The lowest BCUT2D eigenvalue weighted by molar-refractivity contribution is -0.143. The smallest absolute Gasteiger partial charge is 0.408 e. The number of amides is 3. The number of nitrogens with one attached hydrogen (secondary N) is 2. The lowest BCUT2D eigenvalue weighted by Crippen LogP contribution is -2.55. The number of aliphatic hydroxyl groups excluding tert-OH is 1. The lowest BCUT2D eigenvalue weighted by Gasteiger charge is -2.35. The number of nitrogens with zero attached hydrogens (tertiary/aromatic N) is 1. The quantitative estimate of drug-likeness (QED) is 0.388. The average Bonchev–Trinajstić information content (AvgIpc) is 2.92. The molecule has 0 aliphatic heterocycles. The van der Waals surface area contributed by atoms with Crippen LogP contribution in [0.25, 0.3) is 0 Å². The molecule has 2 aromatic rings. The van der Waals surface area contributed by atoms with Gasteiger partial charge in [-0.25, -0.2) is 4.79 Å². The van der Waals surface area contributed by atoms with Gasteiger partial charge in [-0.3, -0.25) is 9.59 Å². The molecule has 0 bridgehead atoms. The molecule has 0 heterocycles. The largest absolute Gasteiger partial charge is 0.444 e. The van der Waals surface area contributed by atoms with Gasteiger partial charge in [-0.05, 0) is 56.9 Å². The molecule has 0 radical (unpaired) electrons. The minimum atomic E-state index is -1.04. The van der Waals surface area contributed by atoms with E-state index in [0.717, 1.165) is 37.7 Å². The first-order chi connectivity index (χ1) is 19.1. The Balaban J connectivity index is 1.98. The molecule has 8 nitrogen and oxygen atoms in total. The van der Waals surface area contributed by atoms with Gasteiger partial charge in [-0.15, -0.1) is 6.42 Å². The molecule has 3 N–H and O–H groups in total. The molecule has 1 aliphatic carbocycles. The van der Waals surface area contributed by atoms with E-state index >= 15 is 0 Å². The van der Waals surface area contributed by atoms with E-state index in [-0.39, 0.29) is 31.5 Å². The van der Waals surface area contributed by atoms with Gasteiger partial charge in [0.1, 0.15) is 17.7 Å². The van der Waals surface area contributed by atoms with Crippen molar-refractivity contribution in [2.45, 2.75) is 83.0 Å². The molecule has 3 rings (SSSR count). The van der Waals surface area contributed by atoms with E-state index in [1.54, 1.807) is 45.0 Å². The summed E-state index contributed by atoms with van der Waals surface area (Å²) >= 11 is 0. The summed E-state index contributed by atoms with van der Waals surface area (Å²) in [6, 6.07) is 14.1. The molecule has 1 fully saturated rings. The van der Waals surface area contributed by atoms with Crippen LogP contribution in [0, 0.1) is 12.3 Å². The number of terminal acetylenes is 1. The third-order valence-corrected chi connectivity index (χ3v) is 6.80. The Morgan fingerprint density at radius 2 is 1.70 bits per heavy atom. The van der Waals surface area contributed by atoms with Crippen molar-refractivity contribution in [1.29, 1.82) is 0 Å². The number of hydrogen-bond donors (Lipinski definition) is 3. The van der Waals surface area contributed by atoms with Gasteiger partial charge in [0, 0.05) is 24.6 Å². The van der Waals surface area contributed by atoms with E-state index in [9.17, 15) is 19.5 Å². The fraction of sp³-hybridized carbons (Fsp3) is 0.469. The zero-order valence-corrected chi connectivity index (χ0v) is 23.7. The van der Waals surface area contributed by atoms with Crippen LogP contribution in [0.2, 0.25) is 0 Å². The second-order valence-electron chi connectivity index (χ2n) is 11.2. The molecular weight excluding hydrogens is 506 g/mol. The van der Waals surface area contributed by atoms with Gasteiger partial charge in [0.2, 0.25) is 11.8 Å². The number of ether oxygens (including phenoxy) is 1. The van der Waals surface area contributed by atoms with Crippen LogP contribution in [0.3, 0.4) is 0 Å². The Bertz CT molecular complexity index is 1160. The van der Waals surface area contributed by atoms with E-state index in [1.807, 2.05) is 30.3 Å². The number of carbonyl (C=O) groups is 3. The van der Waals surface area contributed by atoms with Gasteiger partial charge >= 0.3 is 6.09 Å². The normalized spacial score (nSPS) is 15.3. The van der Waals surface area contributed by atoms with Gasteiger partial charge < -0.3 is 25.4 Å². The molecular formula is C32H41N3O5. The molecule has 3 amide bonds. The predicted octanol–water partition coefficient (Wildman–Crippen LogP) is 4.11. The van der Waals surface area contributed by atoms with Crippen LogP contribution in [0.5, 0.6) is 0 Å². The first-order valence-electron chi connectivity index (χ1n) is 13.9.